The summed E-state index contributed by atoms with van der Waals surface area (Å²) in [6.45, 7) is 2.76. The summed E-state index contributed by atoms with van der Waals surface area (Å²) in [7, 11) is 0. The van der Waals surface area contributed by atoms with E-state index in [4.69, 9.17) is 16.7 Å². The fourth-order valence-corrected chi connectivity index (χ4v) is 3.21. The van der Waals surface area contributed by atoms with Crippen LogP contribution in [0.4, 0.5) is 13.2 Å². The molecule has 0 radical (unpaired) electrons. The first kappa shape index (κ1) is 20.5. The van der Waals surface area contributed by atoms with Gasteiger partial charge in [0.2, 0.25) is 0 Å². The van der Waals surface area contributed by atoms with Crippen LogP contribution in [0, 0.1) is 0 Å². The van der Waals surface area contributed by atoms with Gasteiger partial charge in [0, 0.05) is 49.4 Å². The van der Waals surface area contributed by atoms with Crippen molar-refractivity contribution >= 4 is 24.0 Å². The van der Waals surface area contributed by atoms with Crippen LogP contribution >= 0.6 is 24.0 Å². The summed E-state index contributed by atoms with van der Waals surface area (Å²) >= 11 is 6.12. The highest BCUT2D eigenvalue weighted by atomic mass is 35.5. The van der Waals surface area contributed by atoms with E-state index < -0.39 is 17.8 Å². The summed E-state index contributed by atoms with van der Waals surface area (Å²) in [6.07, 6.45) is -3.55. The van der Waals surface area contributed by atoms with Gasteiger partial charge in [-0.05, 0) is 25.0 Å². The van der Waals surface area contributed by atoms with E-state index in [-0.39, 0.29) is 29.6 Å². The predicted molar refractivity (Wildman–Crippen MR) is 87.2 cm³/mol. The van der Waals surface area contributed by atoms with Gasteiger partial charge < -0.3 is 10.4 Å². The number of hydrogen-bond donors (Lipinski definition) is 2. The first-order chi connectivity index (χ1) is 10.4. The van der Waals surface area contributed by atoms with Gasteiger partial charge in [0.25, 0.3) is 0 Å². The van der Waals surface area contributed by atoms with Crippen LogP contribution in [0.2, 0.25) is 5.02 Å². The largest absolute Gasteiger partial charge is 0.416 e. The molecule has 2 rings (SSSR count). The number of piperazine rings is 1. The van der Waals surface area contributed by atoms with Crippen LogP contribution in [-0.2, 0) is 6.18 Å². The van der Waals surface area contributed by atoms with Crippen molar-refractivity contribution in [2.24, 2.45) is 0 Å². The average molecular weight is 373 g/mol. The van der Waals surface area contributed by atoms with Crippen molar-refractivity contribution < 1.29 is 18.3 Å². The first-order valence-corrected chi connectivity index (χ1v) is 7.74. The zero-order valence-corrected chi connectivity index (χ0v) is 14.1. The monoisotopic (exact) mass is 372 g/mol. The van der Waals surface area contributed by atoms with E-state index in [1.54, 1.807) is 0 Å². The molecule has 1 saturated heterocycles. The van der Waals surface area contributed by atoms with Gasteiger partial charge in [0.1, 0.15) is 0 Å². The molecule has 3 nitrogen and oxygen atoms in total. The van der Waals surface area contributed by atoms with E-state index in [9.17, 15) is 13.2 Å². The molecule has 1 aromatic rings. The quantitative estimate of drug-likeness (QED) is 0.830. The lowest BCUT2D eigenvalue weighted by molar-refractivity contribution is -0.138. The number of nitrogens with one attached hydrogen (secondary N) is 1. The summed E-state index contributed by atoms with van der Waals surface area (Å²) < 4.78 is 40.0. The van der Waals surface area contributed by atoms with E-state index in [1.807, 2.05) is 4.90 Å². The van der Waals surface area contributed by atoms with Crippen LogP contribution in [0.1, 0.15) is 30.0 Å². The number of alkyl halides is 3. The summed E-state index contributed by atoms with van der Waals surface area (Å²) in [5.41, 5.74) is -0.548. The number of aliphatic hydroxyl groups is 1. The van der Waals surface area contributed by atoms with E-state index in [1.165, 1.54) is 12.1 Å². The maximum atomic E-state index is 13.3. The molecular formula is C15H21Cl2F3N2O. The fourth-order valence-electron chi connectivity index (χ4n) is 2.91. The molecule has 2 N–H and O–H groups in total. The van der Waals surface area contributed by atoms with Crippen molar-refractivity contribution in [3.63, 3.8) is 0 Å². The van der Waals surface area contributed by atoms with Gasteiger partial charge in [-0.2, -0.15) is 13.2 Å². The van der Waals surface area contributed by atoms with Gasteiger partial charge in [-0.15, -0.1) is 12.4 Å². The number of benzene rings is 1. The molecule has 1 aliphatic rings. The van der Waals surface area contributed by atoms with Gasteiger partial charge in [-0.1, -0.05) is 17.7 Å². The number of nitrogens with zero attached hydrogens (tertiary/aromatic N) is 1. The molecule has 1 atom stereocenters. The number of hydrogen-bond acceptors (Lipinski definition) is 3. The second kappa shape index (κ2) is 9.08. The van der Waals surface area contributed by atoms with Crippen molar-refractivity contribution in [2.75, 3.05) is 32.8 Å². The molecule has 0 saturated carbocycles. The number of aliphatic hydroxyl groups excluding tert-OH is 1. The maximum Gasteiger partial charge on any atom is 0.416 e. The average Bonchev–Trinajstić information content (AvgIpc) is 2.49. The Labute approximate surface area is 145 Å². The minimum atomic E-state index is -4.44. The molecule has 0 aromatic heterocycles. The molecule has 1 aromatic carbocycles. The minimum absolute atomic E-state index is 0. The zero-order valence-electron chi connectivity index (χ0n) is 12.6. The molecule has 0 spiro atoms. The Balaban J connectivity index is 0.00000264. The highest BCUT2D eigenvalue weighted by Gasteiger charge is 2.37. The van der Waals surface area contributed by atoms with Gasteiger partial charge in [-0.3, -0.25) is 4.90 Å². The number of halogens is 5. The minimum Gasteiger partial charge on any atom is -0.396 e. The van der Waals surface area contributed by atoms with Crippen molar-refractivity contribution in [1.29, 1.82) is 0 Å². The van der Waals surface area contributed by atoms with Crippen LogP contribution in [-0.4, -0.2) is 42.8 Å². The van der Waals surface area contributed by atoms with Crippen molar-refractivity contribution in [3.05, 3.63) is 34.3 Å². The van der Waals surface area contributed by atoms with Gasteiger partial charge in [0.15, 0.2) is 0 Å². The molecule has 23 heavy (non-hydrogen) atoms. The van der Waals surface area contributed by atoms with Gasteiger partial charge in [0.05, 0.1) is 5.56 Å². The lowest BCUT2D eigenvalue weighted by Crippen LogP contribution is -2.45. The molecule has 0 amide bonds. The molecule has 0 aliphatic carbocycles. The molecule has 8 heteroatoms. The summed E-state index contributed by atoms with van der Waals surface area (Å²) in [4.78, 5) is 2.02. The Kier molecular flexibility index (Phi) is 8.10. The van der Waals surface area contributed by atoms with Crippen LogP contribution < -0.4 is 5.32 Å². The lowest BCUT2D eigenvalue weighted by atomic mass is 9.94. The standard InChI is InChI=1S/C15H20ClF3N2O.ClH/c16-12-4-1-3-11(15(17,18)19)14(12)13(5-2-10-22)21-8-6-20-7-9-21;/h1,3-4,13,20,22H,2,5-10H2;1H/t13-;/m0./s1. The molecule has 1 aliphatic heterocycles. The molecule has 132 valence electrons. The second-order valence-electron chi connectivity index (χ2n) is 5.37. The molecule has 1 fully saturated rings. The predicted octanol–water partition coefficient (Wildman–Crippen LogP) is 3.50. The Bertz CT molecular complexity index is 494. The van der Waals surface area contributed by atoms with Crippen LogP contribution in [0.25, 0.3) is 0 Å². The highest BCUT2D eigenvalue weighted by Crippen LogP contribution is 2.41. The smallest absolute Gasteiger partial charge is 0.396 e. The third-order valence-corrected chi connectivity index (χ3v) is 4.25. The molecular weight excluding hydrogens is 352 g/mol. The maximum absolute atomic E-state index is 13.3. The van der Waals surface area contributed by atoms with Crippen LogP contribution in [0.15, 0.2) is 18.2 Å². The highest BCUT2D eigenvalue weighted by molar-refractivity contribution is 6.31. The Morgan fingerprint density at radius 3 is 2.48 bits per heavy atom. The van der Waals surface area contributed by atoms with E-state index >= 15 is 0 Å². The van der Waals surface area contributed by atoms with Crippen molar-refractivity contribution in [2.45, 2.75) is 25.1 Å². The lowest BCUT2D eigenvalue weighted by Gasteiger charge is -2.36. The Hall–Kier alpha value is -0.530. The van der Waals surface area contributed by atoms with Crippen LogP contribution in [0.3, 0.4) is 0 Å². The third kappa shape index (κ3) is 5.22. The van der Waals surface area contributed by atoms with E-state index in [0.29, 0.717) is 25.9 Å². The van der Waals surface area contributed by atoms with Crippen molar-refractivity contribution in [1.82, 2.24) is 10.2 Å². The Morgan fingerprint density at radius 2 is 1.91 bits per heavy atom. The Morgan fingerprint density at radius 1 is 1.26 bits per heavy atom. The van der Waals surface area contributed by atoms with Crippen molar-refractivity contribution in [3.8, 4) is 0 Å². The normalized spacial score (nSPS) is 17.6. The van der Waals surface area contributed by atoms with Gasteiger partial charge >= 0.3 is 6.18 Å². The third-order valence-electron chi connectivity index (χ3n) is 3.92. The van der Waals surface area contributed by atoms with E-state index in [0.717, 1.165) is 19.2 Å². The molecule has 1 heterocycles. The second-order valence-corrected chi connectivity index (χ2v) is 5.77. The van der Waals surface area contributed by atoms with E-state index in [2.05, 4.69) is 5.32 Å². The van der Waals surface area contributed by atoms with Gasteiger partial charge in [-0.25, -0.2) is 0 Å². The van der Waals surface area contributed by atoms with Crippen LogP contribution in [0.5, 0.6) is 0 Å². The molecule has 0 bridgehead atoms. The summed E-state index contributed by atoms with van der Waals surface area (Å²) in [6, 6.07) is 3.48. The fraction of sp³-hybridized carbons (Fsp3) is 0.600. The first-order valence-electron chi connectivity index (χ1n) is 7.36. The summed E-state index contributed by atoms with van der Waals surface area (Å²) in [5, 5.41) is 12.4. The SMILES string of the molecule is Cl.OCCC[C@@H](c1c(Cl)cccc1C(F)(F)F)N1CCNCC1. The molecule has 0 unspecified atom stereocenters. The zero-order chi connectivity index (χ0) is 16.2. The number of rotatable bonds is 5. The topological polar surface area (TPSA) is 35.5 Å². The summed E-state index contributed by atoms with van der Waals surface area (Å²) in [5.74, 6) is 0.